The summed E-state index contributed by atoms with van der Waals surface area (Å²) >= 11 is 12.0. The van der Waals surface area contributed by atoms with Crippen molar-refractivity contribution in [2.45, 2.75) is 12.5 Å². The molecular weight excluding hydrogens is 459 g/mol. The summed E-state index contributed by atoms with van der Waals surface area (Å²) in [5.74, 6) is -1.57. The maximum atomic E-state index is 12.5. The Morgan fingerprint density at radius 2 is 1.75 bits per heavy atom. The van der Waals surface area contributed by atoms with Crippen LogP contribution in [0, 0.1) is 10.1 Å². The third-order valence-electron chi connectivity index (χ3n) is 4.44. The van der Waals surface area contributed by atoms with Crippen molar-refractivity contribution in [1.82, 2.24) is 4.98 Å². The van der Waals surface area contributed by atoms with E-state index in [1.807, 2.05) is 0 Å². The van der Waals surface area contributed by atoms with E-state index in [0.29, 0.717) is 16.8 Å². The molecule has 0 aliphatic rings. The molecule has 0 saturated heterocycles. The number of carboxylic acid groups (broad SMARTS) is 1. The fraction of sp³-hybridized carbons (Fsp3) is 0.0952. The number of hydrogen-bond donors (Lipinski definition) is 3. The van der Waals surface area contributed by atoms with Crippen LogP contribution in [0.4, 0.5) is 17.1 Å². The number of carboxylic acids is 1. The molecule has 1 atom stereocenters. The summed E-state index contributed by atoms with van der Waals surface area (Å²) < 4.78 is 0. The average Bonchev–Trinajstić information content (AvgIpc) is 2.76. The van der Waals surface area contributed by atoms with Crippen molar-refractivity contribution in [3.05, 3.63) is 92.2 Å². The molecule has 3 N–H and O–H groups in total. The quantitative estimate of drug-likeness (QED) is 0.319. The topological polar surface area (TPSA) is 134 Å². The van der Waals surface area contributed by atoms with Gasteiger partial charge in [-0.25, -0.2) is 4.79 Å². The smallest absolute Gasteiger partial charge is 0.326 e. The van der Waals surface area contributed by atoms with E-state index in [1.165, 1.54) is 30.6 Å². The van der Waals surface area contributed by atoms with Crippen LogP contribution in [0.1, 0.15) is 15.9 Å². The molecule has 164 valence electrons. The predicted octanol–water partition coefficient (Wildman–Crippen LogP) is 4.66. The number of non-ortho nitro benzene ring substituents is 1. The Kier molecular flexibility index (Phi) is 7.24. The van der Waals surface area contributed by atoms with Gasteiger partial charge in [0.05, 0.1) is 20.7 Å². The van der Waals surface area contributed by atoms with Crippen molar-refractivity contribution in [1.29, 1.82) is 0 Å². The summed E-state index contributed by atoms with van der Waals surface area (Å²) in [5, 5.41) is 26.2. The second-order valence-corrected chi connectivity index (χ2v) is 7.49. The molecule has 0 spiro atoms. The molecule has 3 aromatic rings. The van der Waals surface area contributed by atoms with Crippen LogP contribution in [-0.4, -0.2) is 32.9 Å². The number of carbonyl (C=O) groups excluding carboxylic acids is 1. The van der Waals surface area contributed by atoms with Gasteiger partial charge in [-0.15, -0.1) is 0 Å². The predicted molar refractivity (Wildman–Crippen MR) is 120 cm³/mol. The van der Waals surface area contributed by atoms with Gasteiger partial charge in [0.25, 0.3) is 11.6 Å². The van der Waals surface area contributed by atoms with Crippen LogP contribution in [0.25, 0.3) is 0 Å². The van der Waals surface area contributed by atoms with Gasteiger partial charge in [0, 0.05) is 42.2 Å². The highest BCUT2D eigenvalue weighted by Crippen LogP contribution is 2.29. The Bertz CT molecular complexity index is 1150. The Labute approximate surface area is 192 Å². The normalized spacial score (nSPS) is 11.4. The average molecular weight is 475 g/mol. The van der Waals surface area contributed by atoms with E-state index in [0.717, 1.165) is 0 Å². The first-order chi connectivity index (χ1) is 15.2. The molecule has 2 aromatic carbocycles. The molecule has 3 rings (SSSR count). The molecule has 0 fully saturated rings. The third kappa shape index (κ3) is 5.71. The molecule has 0 saturated carbocycles. The number of aromatic nitrogens is 1. The first-order valence-corrected chi connectivity index (χ1v) is 9.93. The fourth-order valence-electron chi connectivity index (χ4n) is 2.85. The molecule has 0 bridgehead atoms. The number of rotatable bonds is 8. The number of amides is 1. The number of pyridine rings is 1. The number of nitro groups is 1. The molecule has 32 heavy (non-hydrogen) atoms. The van der Waals surface area contributed by atoms with Crippen molar-refractivity contribution >= 4 is 52.1 Å². The highest BCUT2D eigenvalue weighted by Gasteiger charge is 2.19. The number of nitro benzene ring substituents is 1. The van der Waals surface area contributed by atoms with E-state index in [1.54, 1.807) is 30.3 Å². The van der Waals surface area contributed by atoms with Crippen LogP contribution >= 0.6 is 23.2 Å². The Hall–Kier alpha value is -3.69. The molecule has 1 aromatic heterocycles. The first kappa shape index (κ1) is 23.0. The molecule has 11 heteroatoms. The van der Waals surface area contributed by atoms with Gasteiger partial charge in [-0.1, -0.05) is 41.4 Å². The molecule has 0 aliphatic heterocycles. The molecule has 0 aliphatic carbocycles. The number of hydrogen-bond acceptors (Lipinski definition) is 6. The van der Waals surface area contributed by atoms with Gasteiger partial charge >= 0.3 is 5.97 Å². The Morgan fingerprint density at radius 1 is 1.09 bits per heavy atom. The van der Waals surface area contributed by atoms with Crippen molar-refractivity contribution in [3.63, 3.8) is 0 Å². The highest BCUT2D eigenvalue weighted by molar-refractivity contribution is 6.39. The summed E-state index contributed by atoms with van der Waals surface area (Å²) in [6, 6.07) is 10.9. The number of nitrogens with zero attached hydrogens (tertiary/aromatic N) is 2. The van der Waals surface area contributed by atoms with Gasteiger partial charge in [0.2, 0.25) is 0 Å². The number of anilines is 2. The zero-order valence-electron chi connectivity index (χ0n) is 16.3. The molecule has 9 nitrogen and oxygen atoms in total. The minimum Gasteiger partial charge on any atom is -0.480 e. The molecular formula is C21H16Cl2N4O5. The second-order valence-electron chi connectivity index (χ2n) is 6.68. The number of benzene rings is 2. The van der Waals surface area contributed by atoms with E-state index in [4.69, 9.17) is 23.2 Å². The summed E-state index contributed by atoms with van der Waals surface area (Å²) in [6.07, 6.45) is 2.79. The monoisotopic (exact) mass is 474 g/mol. The summed E-state index contributed by atoms with van der Waals surface area (Å²) in [7, 11) is 0. The van der Waals surface area contributed by atoms with Gasteiger partial charge < -0.3 is 15.7 Å². The summed E-state index contributed by atoms with van der Waals surface area (Å²) in [5.41, 5.74) is 1.37. The van der Waals surface area contributed by atoms with E-state index < -0.39 is 22.8 Å². The SMILES string of the molecule is O=C(Nc1c(Cl)cncc1Cl)c1ccc(CC(Nc2cccc([N+](=O)[O-])c2)C(=O)O)cc1. The fourth-order valence-corrected chi connectivity index (χ4v) is 3.31. The van der Waals surface area contributed by atoms with Gasteiger partial charge in [-0.05, 0) is 23.8 Å². The summed E-state index contributed by atoms with van der Waals surface area (Å²) in [4.78, 5) is 38.3. The molecule has 1 unspecified atom stereocenters. The standard InChI is InChI=1S/C21H16Cl2N4O5/c22-16-10-24-11-17(23)19(16)26-20(28)13-6-4-12(5-7-13)8-18(21(29)30)25-14-2-1-3-15(9-14)27(31)32/h1-7,9-11,18,25H,8H2,(H,29,30)(H,24,26,28). The van der Waals surface area contributed by atoms with Crippen molar-refractivity contribution < 1.29 is 19.6 Å². The molecule has 1 heterocycles. The van der Waals surface area contributed by atoms with Crippen molar-refractivity contribution in [2.24, 2.45) is 0 Å². The zero-order valence-corrected chi connectivity index (χ0v) is 17.8. The highest BCUT2D eigenvalue weighted by atomic mass is 35.5. The molecule has 0 radical (unpaired) electrons. The number of halogens is 2. The van der Waals surface area contributed by atoms with Crippen LogP contribution in [-0.2, 0) is 11.2 Å². The van der Waals surface area contributed by atoms with Gasteiger partial charge in [0.1, 0.15) is 6.04 Å². The van der Waals surface area contributed by atoms with Crippen LogP contribution in [0.15, 0.2) is 60.9 Å². The zero-order chi connectivity index (χ0) is 23.3. The summed E-state index contributed by atoms with van der Waals surface area (Å²) in [6.45, 7) is 0. The lowest BCUT2D eigenvalue weighted by Gasteiger charge is -2.16. The largest absolute Gasteiger partial charge is 0.480 e. The van der Waals surface area contributed by atoms with Gasteiger partial charge in [0.15, 0.2) is 0 Å². The molecule has 1 amide bonds. The van der Waals surface area contributed by atoms with Crippen LogP contribution in [0.5, 0.6) is 0 Å². The Balaban J connectivity index is 1.70. The van der Waals surface area contributed by atoms with Crippen LogP contribution in [0.2, 0.25) is 10.0 Å². The van der Waals surface area contributed by atoms with Crippen LogP contribution in [0.3, 0.4) is 0 Å². The number of carbonyl (C=O) groups is 2. The van der Waals surface area contributed by atoms with E-state index in [2.05, 4.69) is 15.6 Å². The number of aliphatic carboxylic acids is 1. The minimum absolute atomic E-state index is 0.0853. The Morgan fingerprint density at radius 3 is 2.34 bits per heavy atom. The van der Waals surface area contributed by atoms with Crippen LogP contribution < -0.4 is 10.6 Å². The van der Waals surface area contributed by atoms with E-state index in [9.17, 15) is 24.8 Å². The lowest BCUT2D eigenvalue weighted by atomic mass is 10.0. The lowest BCUT2D eigenvalue weighted by molar-refractivity contribution is -0.384. The maximum absolute atomic E-state index is 12.5. The van der Waals surface area contributed by atoms with Crippen molar-refractivity contribution in [2.75, 3.05) is 10.6 Å². The third-order valence-corrected chi connectivity index (χ3v) is 5.02. The van der Waals surface area contributed by atoms with E-state index in [-0.39, 0.29) is 27.8 Å². The van der Waals surface area contributed by atoms with Gasteiger partial charge in [-0.3, -0.25) is 19.9 Å². The van der Waals surface area contributed by atoms with Crippen molar-refractivity contribution in [3.8, 4) is 0 Å². The maximum Gasteiger partial charge on any atom is 0.326 e. The first-order valence-electron chi connectivity index (χ1n) is 9.17. The minimum atomic E-state index is -1.12. The lowest BCUT2D eigenvalue weighted by Crippen LogP contribution is -2.31. The van der Waals surface area contributed by atoms with Gasteiger partial charge in [-0.2, -0.15) is 0 Å². The van der Waals surface area contributed by atoms with E-state index >= 15 is 0 Å². The second kappa shape index (κ2) is 10.1. The number of nitrogens with one attached hydrogen (secondary N) is 2.